The van der Waals surface area contributed by atoms with Crippen LogP contribution >= 0.6 is 0 Å². The van der Waals surface area contributed by atoms with Crippen LogP contribution in [0.15, 0.2) is 23.9 Å². The summed E-state index contributed by atoms with van der Waals surface area (Å²) in [5.74, 6) is 0.147. The Balaban J connectivity index is 2.66. The van der Waals surface area contributed by atoms with E-state index in [2.05, 4.69) is 41.5 Å². The fourth-order valence-electron chi connectivity index (χ4n) is 3.35. The van der Waals surface area contributed by atoms with Gasteiger partial charge in [-0.15, -0.1) is 0 Å². The monoisotopic (exact) mass is 393 g/mol. The molecular formula is C22H39N3O3. The van der Waals surface area contributed by atoms with Crippen LogP contribution in [-0.2, 0) is 14.3 Å². The Kier molecular flexibility index (Phi) is 11.6. The molecule has 0 radical (unpaired) electrons. The van der Waals surface area contributed by atoms with Crippen LogP contribution in [0.5, 0.6) is 0 Å². The van der Waals surface area contributed by atoms with Gasteiger partial charge in [-0.05, 0) is 44.1 Å². The summed E-state index contributed by atoms with van der Waals surface area (Å²) in [5, 5.41) is 10.0. The van der Waals surface area contributed by atoms with Gasteiger partial charge >= 0.3 is 5.97 Å². The third-order valence-corrected chi connectivity index (χ3v) is 4.98. The van der Waals surface area contributed by atoms with Gasteiger partial charge in [0, 0.05) is 18.3 Å². The molecule has 1 aliphatic rings. The highest BCUT2D eigenvalue weighted by atomic mass is 16.5. The molecule has 1 fully saturated rings. The molecule has 3 N–H and O–H groups in total. The predicted molar refractivity (Wildman–Crippen MR) is 114 cm³/mol. The molecule has 1 saturated carbocycles. The number of esters is 1. The van der Waals surface area contributed by atoms with Crippen LogP contribution in [0.2, 0.25) is 0 Å². The lowest BCUT2D eigenvalue weighted by atomic mass is 9.94. The van der Waals surface area contributed by atoms with Gasteiger partial charge in [0.25, 0.3) is 0 Å². The van der Waals surface area contributed by atoms with E-state index in [4.69, 9.17) is 0 Å². The Labute approximate surface area is 170 Å². The lowest BCUT2D eigenvalue weighted by Crippen LogP contribution is -2.54. The standard InChI is InChI=1S/C22H39N3O3/c1-6-20(23-15-17(4)12-13-21(26)28-5)25-19(14-16(2)3)22(27)24-18-10-8-7-9-11-18/h12-13,15-16,18-20,23,25H,6-11,14H2,1-5H3,(H,24,27)/b13-12+,17-15+/t19-,20?/m1/s1. The molecule has 0 spiro atoms. The third kappa shape index (κ3) is 9.93. The zero-order valence-electron chi connectivity index (χ0n) is 18.2. The molecule has 1 rings (SSSR count). The molecule has 0 heterocycles. The summed E-state index contributed by atoms with van der Waals surface area (Å²) in [5.41, 5.74) is 0.901. The molecule has 0 aliphatic heterocycles. The quantitative estimate of drug-likeness (QED) is 0.217. The SMILES string of the molecule is CCC(N/C=C(C)/C=C/C(=O)OC)N[C@H](CC(C)C)C(=O)NC1CCCCC1. The molecule has 1 amide bonds. The number of nitrogens with one attached hydrogen (secondary N) is 3. The van der Waals surface area contributed by atoms with E-state index >= 15 is 0 Å². The van der Waals surface area contributed by atoms with Crippen LogP contribution in [0, 0.1) is 5.92 Å². The summed E-state index contributed by atoms with van der Waals surface area (Å²) in [7, 11) is 1.36. The van der Waals surface area contributed by atoms with Crippen molar-refractivity contribution in [2.24, 2.45) is 5.92 Å². The van der Waals surface area contributed by atoms with Gasteiger partial charge in [0.1, 0.15) is 0 Å². The number of ether oxygens (including phenoxy) is 1. The molecule has 1 aliphatic carbocycles. The largest absolute Gasteiger partial charge is 0.466 e. The molecule has 6 heteroatoms. The van der Waals surface area contributed by atoms with Gasteiger partial charge in [0.2, 0.25) is 5.91 Å². The highest BCUT2D eigenvalue weighted by molar-refractivity contribution is 5.82. The van der Waals surface area contributed by atoms with Crippen molar-refractivity contribution in [1.82, 2.24) is 16.0 Å². The van der Waals surface area contributed by atoms with Crippen molar-refractivity contribution in [3.8, 4) is 0 Å². The van der Waals surface area contributed by atoms with Gasteiger partial charge < -0.3 is 15.4 Å². The smallest absolute Gasteiger partial charge is 0.330 e. The molecule has 160 valence electrons. The van der Waals surface area contributed by atoms with Crippen molar-refractivity contribution < 1.29 is 14.3 Å². The Morgan fingerprint density at radius 2 is 1.82 bits per heavy atom. The van der Waals surface area contributed by atoms with E-state index in [1.165, 1.54) is 32.4 Å². The summed E-state index contributed by atoms with van der Waals surface area (Å²) in [4.78, 5) is 24.1. The van der Waals surface area contributed by atoms with Crippen LogP contribution in [0.25, 0.3) is 0 Å². The van der Waals surface area contributed by atoms with Gasteiger partial charge in [-0.25, -0.2) is 4.79 Å². The first-order chi connectivity index (χ1) is 13.3. The van der Waals surface area contributed by atoms with E-state index < -0.39 is 0 Å². The van der Waals surface area contributed by atoms with Crippen LogP contribution in [0.1, 0.15) is 72.6 Å². The predicted octanol–water partition coefficient (Wildman–Crippen LogP) is 3.40. The van der Waals surface area contributed by atoms with E-state index in [0.29, 0.717) is 12.0 Å². The van der Waals surface area contributed by atoms with Crippen molar-refractivity contribution in [2.75, 3.05) is 7.11 Å². The number of carbonyl (C=O) groups is 2. The zero-order chi connectivity index (χ0) is 20.9. The number of hydrogen-bond acceptors (Lipinski definition) is 5. The van der Waals surface area contributed by atoms with Gasteiger partial charge in [-0.3, -0.25) is 10.1 Å². The summed E-state index contributed by atoms with van der Waals surface area (Å²) < 4.78 is 4.60. The van der Waals surface area contributed by atoms with E-state index in [-0.39, 0.29) is 24.1 Å². The Bertz CT molecular complexity index is 537. The number of rotatable bonds is 11. The minimum atomic E-state index is -0.380. The average Bonchev–Trinajstić information content (AvgIpc) is 2.68. The van der Waals surface area contributed by atoms with Crippen molar-refractivity contribution in [3.05, 3.63) is 23.9 Å². The Hall–Kier alpha value is -1.82. The number of carbonyl (C=O) groups excluding carboxylic acids is 2. The number of methoxy groups -OCH3 is 1. The van der Waals surface area contributed by atoms with Crippen LogP contribution in [0.3, 0.4) is 0 Å². The second-order valence-corrected chi connectivity index (χ2v) is 8.06. The van der Waals surface area contributed by atoms with Gasteiger partial charge in [-0.2, -0.15) is 0 Å². The molecule has 0 bridgehead atoms. The molecule has 1 unspecified atom stereocenters. The second kappa shape index (κ2) is 13.4. The minimum absolute atomic E-state index is 0.0256. The van der Waals surface area contributed by atoms with Crippen molar-refractivity contribution >= 4 is 11.9 Å². The minimum Gasteiger partial charge on any atom is -0.466 e. The Morgan fingerprint density at radius 3 is 2.39 bits per heavy atom. The maximum Gasteiger partial charge on any atom is 0.330 e. The van der Waals surface area contributed by atoms with Gasteiger partial charge in [0.15, 0.2) is 0 Å². The first-order valence-corrected chi connectivity index (χ1v) is 10.6. The topological polar surface area (TPSA) is 79.5 Å². The fourth-order valence-corrected chi connectivity index (χ4v) is 3.35. The normalized spacial score (nSPS) is 18.1. The first kappa shape index (κ1) is 24.2. The zero-order valence-corrected chi connectivity index (χ0v) is 18.2. The van der Waals surface area contributed by atoms with Crippen LogP contribution in [0.4, 0.5) is 0 Å². The molecule has 0 aromatic rings. The number of hydrogen-bond donors (Lipinski definition) is 3. The highest BCUT2D eigenvalue weighted by Crippen LogP contribution is 2.18. The second-order valence-electron chi connectivity index (χ2n) is 8.06. The number of allylic oxidation sites excluding steroid dienone is 2. The molecule has 0 saturated heterocycles. The van der Waals surface area contributed by atoms with E-state index in [1.54, 1.807) is 6.08 Å². The van der Waals surface area contributed by atoms with Gasteiger partial charge in [-0.1, -0.05) is 46.1 Å². The highest BCUT2D eigenvalue weighted by Gasteiger charge is 2.25. The van der Waals surface area contributed by atoms with Crippen LogP contribution in [-0.4, -0.2) is 37.2 Å². The summed E-state index contributed by atoms with van der Waals surface area (Å²) in [6, 6.07) is 0.0926. The van der Waals surface area contributed by atoms with Crippen molar-refractivity contribution in [1.29, 1.82) is 0 Å². The van der Waals surface area contributed by atoms with Crippen molar-refractivity contribution in [2.45, 2.75) is 90.9 Å². The molecule has 0 aromatic carbocycles. The lowest BCUT2D eigenvalue weighted by Gasteiger charge is -2.29. The lowest BCUT2D eigenvalue weighted by molar-refractivity contribution is -0.134. The molecule has 2 atom stereocenters. The van der Waals surface area contributed by atoms with E-state index in [0.717, 1.165) is 31.3 Å². The molecular weight excluding hydrogens is 354 g/mol. The maximum atomic E-state index is 12.9. The summed E-state index contributed by atoms with van der Waals surface area (Å²) in [6.07, 6.45) is 12.4. The van der Waals surface area contributed by atoms with Crippen molar-refractivity contribution in [3.63, 3.8) is 0 Å². The molecule has 28 heavy (non-hydrogen) atoms. The Morgan fingerprint density at radius 1 is 1.14 bits per heavy atom. The molecule has 0 aromatic heterocycles. The molecule has 6 nitrogen and oxygen atoms in total. The number of amides is 1. The van der Waals surface area contributed by atoms with E-state index in [1.807, 2.05) is 13.1 Å². The van der Waals surface area contributed by atoms with Crippen LogP contribution < -0.4 is 16.0 Å². The third-order valence-electron chi connectivity index (χ3n) is 4.98. The summed E-state index contributed by atoms with van der Waals surface area (Å²) >= 11 is 0. The fraction of sp³-hybridized carbons (Fsp3) is 0.727. The average molecular weight is 394 g/mol. The summed E-state index contributed by atoms with van der Waals surface area (Å²) in [6.45, 7) is 8.25. The maximum absolute atomic E-state index is 12.9. The van der Waals surface area contributed by atoms with E-state index in [9.17, 15) is 9.59 Å². The van der Waals surface area contributed by atoms with Gasteiger partial charge in [0.05, 0.1) is 19.3 Å². The first-order valence-electron chi connectivity index (χ1n) is 10.6.